The van der Waals surface area contributed by atoms with E-state index in [0.29, 0.717) is 11.5 Å². The Morgan fingerprint density at radius 1 is 1.07 bits per heavy atom. The molecule has 2 heterocycles. The van der Waals surface area contributed by atoms with E-state index in [0.717, 1.165) is 45.1 Å². The summed E-state index contributed by atoms with van der Waals surface area (Å²) in [5.41, 5.74) is 0.689. The minimum Gasteiger partial charge on any atom is -0.350 e. The van der Waals surface area contributed by atoms with Gasteiger partial charge in [-0.1, -0.05) is 31.0 Å². The lowest BCUT2D eigenvalue weighted by Crippen LogP contribution is -2.56. The molecule has 1 aromatic rings. The summed E-state index contributed by atoms with van der Waals surface area (Å²) >= 11 is 0. The van der Waals surface area contributed by atoms with Crippen molar-refractivity contribution in [3.8, 4) is 0 Å². The van der Waals surface area contributed by atoms with Gasteiger partial charge >= 0.3 is 0 Å². The zero-order valence-electron chi connectivity index (χ0n) is 16.2. The van der Waals surface area contributed by atoms with Crippen LogP contribution in [-0.2, 0) is 4.79 Å². The van der Waals surface area contributed by atoms with Crippen LogP contribution in [-0.4, -0.2) is 47.4 Å². The number of rotatable bonds is 3. The number of amides is 2. The van der Waals surface area contributed by atoms with Crippen LogP contribution in [0, 0.1) is 5.92 Å². The number of nitrogens with one attached hydrogen (secondary N) is 2. The molecule has 1 saturated carbocycles. The first-order valence-electron chi connectivity index (χ1n) is 10.6. The van der Waals surface area contributed by atoms with Crippen LogP contribution in [0.3, 0.4) is 0 Å². The highest BCUT2D eigenvalue weighted by Gasteiger charge is 2.47. The molecule has 0 radical (unpaired) electrons. The SMILES string of the molecule is CC1NCCCC1NC(=O)C1CC2CCCCC2N1C(=O)c1ccccc1. The lowest BCUT2D eigenvalue weighted by atomic mass is 9.84. The largest absolute Gasteiger partial charge is 0.350 e. The third kappa shape index (κ3) is 3.75. The van der Waals surface area contributed by atoms with Crippen LogP contribution < -0.4 is 10.6 Å². The average Bonchev–Trinajstić information content (AvgIpc) is 3.09. The third-order valence-corrected chi connectivity index (χ3v) is 6.74. The second-order valence-electron chi connectivity index (χ2n) is 8.44. The zero-order chi connectivity index (χ0) is 18.8. The standard InChI is InChI=1S/C22H31N3O2/c1-15-18(11-7-13-23-15)24-21(26)20-14-17-10-5-6-12-19(17)25(20)22(27)16-8-3-2-4-9-16/h2-4,8-9,15,17-20,23H,5-7,10-14H2,1H3,(H,24,26). The Bertz CT molecular complexity index is 677. The fourth-order valence-electron chi connectivity index (χ4n) is 5.24. The van der Waals surface area contributed by atoms with Crippen molar-refractivity contribution in [1.29, 1.82) is 0 Å². The monoisotopic (exact) mass is 369 g/mol. The van der Waals surface area contributed by atoms with Gasteiger partial charge in [0.15, 0.2) is 0 Å². The molecule has 0 spiro atoms. The molecule has 27 heavy (non-hydrogen) atoms. The smallest absolute Gasteiger partial charge is 0.254 e. The van der Waals surface area contributed by atoms with Crippen molar-refractivity contribution in [2.45, 2.75) is 76.0 Å². The Morgan fingerprint density at radius 3 is 2.63 bits per heavy atom. The highest BCUT2D eigenvalue weighted by molar-refractivity contribution is 5.98. The van der Waals surface area contributed by atoms with Gasteiger partial charge in [0.2, 0.25) is 5.91 Å². The Morgan fingerprint density at radius 2 is 1.85 bits per heavy atom. The van der Waals surface area contributed by atoms with Gasteiger partial charge in [-0.2, -0.15) is 0 Å². The molecular weight excluding hydrogens is 338 g/mol. The maximum absolute atomic E-state index is 13.3. The maximum Gasteiger partial charge on any atom is 0.254 e. The van der Waals surface area contributed by atoms with Gasteiger partial charge in [0.05, 0.1) is 0 Å². The van der Waals surface area contributed by atoms with Crippen molar-refractivity contribution >= 4 is 11.8 Å². The number of likely N-dealkylation sites (tertiary alicyclic amines) is 1. The first-order valence-corrected chi connectivity index (χ1v) is 10.6. The Hall–Kier alpha value is -1.88. The fourth-order valence-corrected chi connectivity index (χ4v) is 5.24. The van der Waals surface area contributed by atoms with Crippen LogP contribution in [0.4, 0.5) is 0 Å². The van der Waals surface area contributed by atoms with E-state index in [1.807, 2.05) is 35.2 Å². The maximum atomic E-state index is 13.3. The van der Waals surface area contributed by atoms with E-state index in [1.165, 1.54) is 6.42 Å². The Balaban J connectivity index is 1.55. The number of carbonyl (C=O) groups excluding carboxylic acids is 2. The number of hydrogen-bond acceptors (Lipinski definition) is 3. The topological polar surface area (TPSA) is 61.4 Å². The Labute approximate surface area is 161 Å². The predicted molar refractivity (Wildman–Crippen MR) is 105 cm³/mol. The summed E-state index contributed by atoms with van der Waals surface area (Å²) in [6, 6.07) is 9.75. The lowest BCUT2D eigenvalue weighted by molar-refractivity contribution is -0.126. The van der Waals surface area contributed by atoms with E-state index in [-0.39, 0.29) is 36.0 Å². The predicted octanol–water partition coefficient (Wildman–Crippen LogP) is 2.72. The van der Waals surface area contributed by atoms with Crippen LogP contribution in [0.15, 0.2) is 30.3 Å². The van der Waals surface area contributed by atoms with E-state index < -0.39 is 0 Å². The molecule has 2 aliphatic heterocycles. The summed E-state index contributed by atoms with van der Waals surface area (Å²) in [7, 11) is 0. The molecule has 3 fully saturated rings. The number of fused-ring (bicyclic) bond motifs is 1. The van der Waals surface area contributed by atoms with E-state index in [2.05, 4.69) is 17.6 Å². The summed E-state index contributed by atoms with van der Waals surface area (Å²) in [5, 5.41) is 6.70. The average molecular weight is 370 g/mol. The second-order valence-corrected chi connectivity index (χ2v) is 8.44. The molecule has 0 bridgehead atoms. The molecule has 5 atom stereocenters. The molecule has 146 valence electrons. The summed E-state index contributed by atoms with van der Waals surface area (Å²) in [5.74, 6) is 0.512. The van der Waals surface area contributed by atoms with Gasteiger partial charge < -0.3 is 15.5 Å². The van der Waals surface area contributed by atoms with E-state index in [9.17, 15) is 9.59 Å². The summed E-state index contributed by atoms with van der Waals surface area (Å²) < 4.78 is 0. The van der Waals surface area contributed by atoms with Gasteiger partial charge in [-0.3, -0.25) is 9.59 Å². The molecule has 2 N–H and O–H groups in total. The minimum absolute atomic E-state index is 0.0139. The van der Waals surface area contributed by atoms with Gasteiger partial charge in [0.25, 0.3) is 5.91 Å². The van der Waals surface area contributed by atoms with Crippen molar-refractivity contribution in [3.05, 3.63) is 35.9 Å². The first kappa shape index (κ1) is 18.5. The lowest BCUT2D eigenvalue weighted by Gasteiger charge is -2.35. The summed E-state index contributed by atoms with van der Waals surface area (Å²) in [6.07, 6.45) is 7.42. The van der Waals surface area contributed by atoms with Crippen molar-refractivity contribution in [2.75, 3.05) is 6.54 Å². The molecule has 1 aliphatic carbocycles. The molecule has 3 aliphatic rings. The number of carbonyl (C=O) groups is 2. The van der Waals surface area contributed by atoms with E-state index in [1.54, 1.807) is 0 Å². The first-order chi connectivity index (χ1) is 13.1. The van der Waals surface area contributed by atoms with E-state index in [4.69, 9.17) is 0 Å². The molecule has 5 unspecified atom stereocenters. The van der Waals surface area contributed by atoms with Crippen molar-refractivity contribution in [1.82, 2.24) is 15.5 Å². The number of hydrogen-bond donors (Lipinski definition) is 2. The van der Waals surface area contributed by atoms with Gasteiger partial charge in [0, 0.05) is 23.7 Å². The quantitative estimate of drug-likeness (QED) is 0.861. The van der Waals surface area contributed by atoms with Crippen LogP contribution in [0.2, 0.25) is 0 Å². The number of nitrogens with zero attached hydrogens (tertiary/aromatic N) is 1. The molecule has 5 nitrogen and oxygen atoms in total. The summed E-state index contributed by atoms with van der Waals surface area (Å²) in [4.78, 5) is 28.4. The molecule has 5 heteroatoms. The molecule has 4 rings (SSSR count). The van der Waals surface area contributed by atoms with Crippen LogP contribution in [0.5, 0.6) is 0 Å². The second kappa shape index (κ2) is 8.01. The molecule has 0 aromatic heterocycles. The summed E-state index contributed by atoms with van der Waals surface area (Å²) in [6.45, 7) is 3.14. The van der Waals surface area contributed by atoms with Crippen LogP contribution in [0.1, 0.15) is 62.2 Å². The minimum atomic E-state index is -0.333. The molecule has 2 amide bonds. The van der Waals surface area contributed by atoms with Crippen LogP contribution >= 0.6 is 0 Å². The molecule has 1 aromatic carbocycles. The van der Waals surface area contributed by atoms with Gasteiger partial charge in [-0.25, -0.2) is 0 Å². The van der Waals surface area contributed by atoms with Crippen molar-refractivity contribution in [3.63, 3.8) is 0 Å². The Kier molecular flexibility index (Phi) is 5.48. The normalized spacial score (nSPS) is 33.4. The van der Waals surface area contributed by atoms with Crippen molar-refractivity contribution in [2.24, 2.45) is 5.92 Å². The fraction of sp³-hybridized carbons (Fsp3) is 0.636. The molecular formula is C22H31N3O2. The third-order valence-electron chi connectivity index (χ3n) is 6.74. The van der Waals surface area contributed by atoms with Gasteiger partial charge in [-0.05, 0) is 63.6 Å². The van der Waals surface area contributed by atoms with Crippen LogP contribution in [0.25, 0.3) is 0 Å². The van der Waals surface area contributed by atoms with Gasteiger partial charge in [0.1, 0.15) is 6.04 Å². The highest BCUT2D eigenvalue weighted by atomic mass is 16.2. The number of benzene rings is 1. The zero-order valence-corrected chi connectivity index (χ0v) is 16.2. The van der Waals surface area contributed by atoms with Gasteiger partial charge in [-0.15, -0.1) is 0 Å². The molecule has 2 saturated heterocycles. The number of piperidine rings is 1. The van der Waals surface area contributed by atoms with Crippen molar-refractivity contribution < 1.29 is 9.59 Å². The van der Waals surface area contributed by atoms with E-state index >= 15 is 0 Å². The highest BCUT2D eigenvalue weighted by Crippen LogP contribution is 2.40.